The number of nitrogens with one attached hydrogen (secondary N) is 2. The van der Waals surface area contributed by atoms with Gasteiger partial charge in [0.2, 0.25) is 5.91 Å². The van der Waals surface area contributed by atoms with Gasteiger partial charge in [-0.1, -0.05) is 42.5 Å². The van der Waals surface area contributed by atoms with Crippen molar-refractivity contribution in [2.24, 2.45) is 5.10 Å². The summed E-state index contributed by atoms with van der Waals surface area (Å²) in [5, 5.41) is 6.84. The van der Waals surface area contributed by atoms with Gasteiger partial charge in [0.25, 0.3) is 15.9 Å². The van der Waals surface area contributed by atoms with Gasteiger partial charge in [-0.15, -0.1) is 0 Å². The molecule has 0 radical (unpaired) electrons. The first-order chi connectivity index (χ1) is 16.6. The predicted octanol–water partition coefficient (Wildman–Crippen LogP) is 4.00. The van der Waals surface area contributed by atoms with Gasteiger partial charge < -0.3 is 5.32 Å². The second kappa shape index (κ2) is 11.0. The molecule has 3 aromatic carbocycles. The molecule has 0 aliphatic rings. The lowest BCUT2D eigenvalue weighted by atomic mass is 10.1. The van der Waals surface area contributed by atoms with Crippen LogP contribution in [0.2, 0.25) is 0 Å². The molecule has 0 saturated heterocycles. The molecular weight excluding hydrogens is 464 g/mol. The molecule has 0 aromatic heterocycles. The van der Waals surface area contributed by atoms with Crippen molar-refractivity contribution < 1.29 is 18.0 Å². The molecule has 0 spiro atoms. The van der Waals surface area contributed by atoms with Crippen molar-refractivity contribution in [2.75, 3.05) is 16.2 Å². The van der Waals surface area contributed by atoms with E-state index in [1.54, 1.807) is 61.5 Å². The van der Waals surface area contributed by atoms with E-state index in [1.165, 1.54) is 19.1 Å². The third-order valence-electron chi connectivity index (χ3n) is 5.41. The third-order valence-corrected chi connectivity index (χ3v) is 7.19. The third kappa shape index (κ3) is 6.33. The highest BCUT2D eigenvalue weighted by atomic mass is 32.2. The molecule has 2 N–H and O–H groups in total. The van der Waals surface area contributed by atoms with E-state index < -0.39 is 22.5 Å². The molecule has 0 saturated carbocycles. The first kappa shape index (κ1) is 25.6. The van der Waals surface area contributed by atoms with E-state index in [9.17, 15) is 18.0 Å². The summed E-state index contributed by atoms with van der Waals surface area (Å²) in [4.78, 5) is 24.3. The van der Waals surface area contributed by atoms with E-state index in [0.717, 1.165) is 15.4 Å². The molecule has 0 atom stereocenters. The molecule has 2 amide bonds. The molecular formula is C26H28N4O4S. The number of sulfonamides is 1. The summed E-state index contributed by atoms with van der Waals surface area (Å²) in [7, 11) is -4.01. The van der Waals surface area contributed by atoms with Crippen molar-refractivity contribution >= 4 is 38.9 Å². The fourth-order valence-corrected chi connectivity index (χ4v) is 4.93. The van der Waals surface area contributed by atoms with E-state index >= 15 is 0 Å². The van der Waals surface area contributed by atoms with Crippen molar-refractivity contribution in [1.29, 1.82) is 0 Å². The zero-order valence-corrected chi connectivity index (χ0v) is 20.9. The van der Waals surface area contributed by atoms with Crippen LogP contribution in [0.3, 0.4) is 0 Å². The first-order valence-electron chi connectivity index (χ1n) is 10.9. The Kier molecular flexibility index (Phi) is 8.03. The maximum absolute atomic E-state index is 13.5. The Hall–Kier alpha value is -3.98. The quantitative estimate of drug-likeness (QED) is 0.366. The van der Waals surface area contributed by atoms with Crippen molar-refractivity contribution in [3.8, 4) is 0 Å². The van der Waals surface area contributed by atoms with Crippen LogP contribution in [0.25, 0.3) is 0 Å². The fourth-order valence-electron chi connectivity index (χ4n) is 3.43. The summed E-state index contributed by atoms with van der Waals surface area (Å²) in [6, 6.07) is 20.3. The maximum Gasteiger partial charge on any atom is 0.264 e. The van der Waals surface area contributed by atoms with Crippen LogP contribution >= 0.6 is 0 Å². The van der Waals surface area contributed by atoms with Crippen LogP contribution in [0.1, 0.15) is 30.5 Å². The Morgan fingerprint density at radius 2 is 1.60 bits per heavy atom. The molecule has 182 valence electrons. The summed E-state index contributed by atoms with van der Waals surface area (Å²) in [5.74, 6) is -0.793. The van der Waals surface area contributed by atoms with Gasteiger partial charge in [-0.2, -0.15) is 5.10 Å². The summed E-state index contributed by atoms with van der Waals surface area (Å²) < 4.78 is 28.1. The van der Waals surface area contributed by atoms with Gasteiger partial charge in [-0.3, -0.25) is 13.9 Å². The average Bonchev–Trinajstić information content (AvgIpc) is 2.83. The topological polar surface area (TPSA) is 108 Å². The lowest BCUT2D eigenvalue weighted by Gasteiger charge is -2.26. The molecule has 0 aliphatic heterocycles. The number of amides is 2. The number of rotatable bonds is 8. The van der Waals surface area contributed by atoms with Gasteiger partial charge in [-0.05, 0) is 67.8 Å². The van der Waals surface area contributed by atoms with Crippen molar-refractivity contribution in [3.05, 3.63) is 89.5 Å². The number of carbonyl (C=O) groups is 2. The summed E-state index contributed by atoms with van der Waals surface area (Å²) in [6.45, 7) is 6.37. The van der Waals surface area contributed by atoms with Crippen LogP contribution in [0, 0.1) is 13.8 Å². The van der Waals surface area contributed by atoms with Crippen LogP contribution < -0.4 is 15.0 Å². The number of hydrogen-bond donors (Lipinski definition) is 2. The molecule has 0 heterocycles. The lowest BCUT2D eigenvalue weighted by Crippen LogP contribution is -2.40. The summed E-state index contributed by atoms with van der Waals surface area (Å²) >= 11 is 0. The van der Waals surface area contributed by atoms with Gasteiger partial charge in [0.15, 0.2) is 0 Å². The van der Waals surface area contributed by atoms with E-state index in [4.69, 9.17) is 0 Å². The minimum absolute atomic E-state index is 0.0863. The van der Waals surface area contributed by atoms with Crippen molar-refractivity contribution in [3.63, 3.8) is 0 Å². The predicted molar refractivity (Wildman–Crippen MR) is 138 cm³/mol. The Morgan fingerprint density at radius 1 is 0.914 bits per heavy atom. The number of aryl methyl sites for hydroxylation is 1. The Balaban J connectivity index is 1.87. The SMILES string of the molecule is CC(=O)Nc1cccc(/C(C)=N\NC(=O)CN(c2cccc(C)c2C)S(=O)(=O)c2ccccc2)c1. The molecule has 0 fully saturated rings. The Labute approximate surface area is 205 Å². The number of carbonyl (C=O) groups excluding carboxylic acids is 2. The van der Waals surface area contributed by atoms with E-state index in [2.05, 4.69) is 15.8 Å². The second-order valence-electron chi connectivity index (χ2n) is 8.04. The molecule has 35 heavy (non-hydrogen) atoms. The normalized spacial score (nSPS) is 11.6. The molecule has 0 bridgehead atoms. The number of anilines is 2. The molecule has 8 nitrogen and oxygen atoms in total. The highest BCUT2D eigenvalue weighted by Crippen LogP contribution is 2.28. The van der Waals surface area contributed by atoms with E-state index in [0.29, 0.717) is 22.6 Å². The number of hydrazone groups is 1. The molecule has 3 rings (SSSR count). The first-order valence-corrected chi connectivity index (χ1v) is 12.4. The summed E-state index contributed by atoms with van der Waals surface area (Å²) in [6.07, 6.45) is 0. The largest absolute Gasteiger partial charge is 0.326 e. The molecule has 0 aliphatic carbocycles. The monoisotopic (exact) mass is 492 g/mol. The number of benzene rings is 3. The minimum Gasteiger partial charge on any atom is -0.326 e. The standard InChI is InChI=1S/C26H28N4O4S/c1-18-10-8-15-25(19(18)2)30(35(33,34)24-13-6-5-7-14-24)17-26(32)29-28-20(3)22-11-9-12-23(16-22)27-21(4)31/h5-16H,17H2,1-4H3,(H,27,31)(H,29,32)/b28-20-. The fraction of sp³-hybridized carbons (Fsp3) is 0.192. The zero-order chi connectivity index (χ0) is 25.6. The van der Waals surface area contributed by atoms with Crippen molar-refractivity contribution in [1.82, 2.24) is 5.43 Å². The minimum atomic E-state index is -4.01. The lowest BCUT2D eigenvalue weighted by molar-refractivity contribution is -0.119. The second-order valence-corrected chi connectivity index (χ2v) is 9.90. The van der Waals surface area contributed by atoms with E-state index in [1.807, 2.05) is 19.9 Å². The van der Waals surface area contributed by atoms with E-state index in [-0.39, 0.29) is 10.8 Å². The van der Waals surface area contributed by atoms with Crippen LogP contribution in [-0.4, -0.2) is 32.5 Å². The van der Waals surface area contributed by atoms with Crippen LogP contribution in [0.4, 0.5) is 11.4 Å². The van der Waals surface area contributed by atoms with Crippen LogP contribution in [-0.2, 0) is 19.6 Å². The van der Waals surface area contributed by atoms with Gasteiger partial charge in [0.1, 0.15) is 6.54 Å². The number of hydrogen-bond acceptors (Lipinski definition) is 5. The molecule has 3 aromatic rings. The van der Waals surface area contributed by atoms with Gasteiger partial charge >= 0.3 is 0 Å². The highest BCUT2D eigenvalue weighted by Gasteiger charge is 2.28. The van der Waals surface area contributed by atoms with Crippen LogP contribution in [0.5, 0.6) is 0 Å². The van der Waals surface area contributed by atoms with Gasteiger partial charge in [-0.25, -0.2) is 13.8 Å². The molecule has 0 unspecified atom stereocenters. The van der Waals surface area contributed by atoms with Gasteiger partial charge in [0.05, 0.1) is 16.3 Å². The Morgan fingerprint density at radius 3 is 2.29 bits per heavy atom. The zero-order valence-electron chi connectivity index (χ0n) is 20.1. The Bertz CT molecular complexity index is 1370. The number of nitrogens with zero attached hydrogens (tertiary/aromatic N) is 2. The average molecular weight is 493 g/mol. The van der Waals surface area contributed by atoms with Crippen LogP contribution in [0.15, 0.2) is 82.8 Å². The maximum atomic E-state index is 13.5. The highest BCUT2D eigenvalue weighted by molar-refractivity contribution is 7.92. The van der Waals surface area contributed by atoms with Gasteiger partial charge in [0, 0.05) is 12.6 Å². The summed E-state index contributed by atoms with van der Waals surface area (Å²) in [5.41, 5.74) is 6.34. The smallest absolute Gasteiger partial charge is 0.264 e. The molecule has 9 heteroatoms. The van der Waals surface area contributed by atoms with Crippen molar-refractivity contribution in [2.45, 2.75) is 32.6 Å².